The molecule has 2 N–H and O–H groups in total. The fourth-order valence-corrected chi connectivity index (χ4v) is 2.60. The highest BCUT2D eigenvalue weighted by atomic mass is 35.5. The molecule has 4 nitrogen and oxygen atoms in total. The highest BCUT2D eigenvalue weighted by molar-refractivity contribution is 6.35. The number of hydrogen-bond donors (Lipinski definition) is 2. The van der Waals surface area contributed by atoms with Crippen molar-refractivity contribution in [2.45, 2.75) is 32.1 Å². The van der Waals surface area contributed by atoms with E-state index in [1.54, 1.807) is 0 Å². The van der Waals surface area contributed by atoms with Gasteiger partial charge in [0, 0.05) is 11.4 Å². The van der Waals surface area contributed by atoms with Gasteiger partial charge in [-0.15, -0.1) is 0 Å². The van der Waals surface area contributed by atoms with E-state index in [1.165, 1.54) is 11.0 Å². The van der Waals surface area contributed by atoms with Crippen molar-refractivity contribution in [3.05, 3.63) is 59.1 Å². The average molecular weight is 346 g/mol. The van der Waals surface area contributed by atoms with Gasteiger partial charge in [0.15, 0.2) is 0 Å². The maximum atomic E-state index is 11.2. The first-order valence-corrected chi connectivity index (χ1v) is 8.30. The van der Waals surface area contributed by atoms with Crippen molar-refractivity contribution < 1.29 is 14.8 Å². The summed E-state index contributed by atoms with van der Waals surface area (Å²) in [5.74, 6) is -1.52. The first-order chi connectivity index (χ1) is 11.6. The number of rotatable bonds is 8. The van der Waals surface area contributed by atoms with Crippen molar-refractivity contribution in [1.29, 1.82) is 0 Å². The number of benzene rings is 2. The van der Waals surface area contributed by atoms with Crippen LogP contribution in [0.2, 0.25) is 5.02 Å². The number of carbonyl (C=O) groups excluding carboxylic acids is 2. The molecule has 0 unspecified atom stereocenters. The van der Waals surface area contributed by atoms with Crippen LogP contribution in [0.15, 0.2) is 48.5 Å². The average Bonchev–Trinajstić information content (AvgIpc) is 2.61. The van der Waals surface area contributed by atoms with Crippen LogP contribution >= 0.6 is 11.6 Å². The molecule has 2 rings (SSSR count). The van der Waals surface area contributed by atoms with Crippen LogP contribution in [0.3, 0.4) is 0 Å². The largest absolute Gasteiger partial charge is 0.310 e. The minimum Gasteiger partial charge on any atom is -0.289 e. The first kappa shape index (κ1) is 18.2. The Morgan fingerprint density at radius 1 is 0.875 bits per heavy atom. The lowest BCUT2D eigenvalue weighted by molar-refractivity contribution is -0.143. The van der Waals surface area contributed by atoms with Gasteiger partial charge in [-0.3, -0.25) is 14.8 Å². The molecule has 2 aromatic carbocycles. The van der Waals surface area contributed by atoms with Gasteiger partial charge in [0.25, 0.3) is 0 Å². The quantitative estimate of drug-likeness (QED) is 0.326. The Kier molecular flexibility index (Phi) is 6.97. The number of nitrogens with one attached hydrogen (secondary N) is 1. The number of Topliss-reactive ketones (excluding diaryl/α,β-unsaturated/α-hetero) is 1. The molecule has 0 aliphatic carbocycles. The molecule has 1 amide bonds. The van der Waals surface area contributed by atoms with Crippen molar-refractivity contribution in [3.63, 3.8) is 0 Å². The topological polar surface area (TPSA) is 66.4 Å². The summed E-state index contributed by atoms with van der Waals surface area (Å²) in [7, 11) is 0. The highest BCUT2D eigenvalue weighted by Crippen LogP contribution is 2.22. The zero-order valence-corrected chi connectivity index (χ0v) is 14.1. The summed E-state index contributed by atoms with van der Waals surface area (Å²) in [6, 6.07) is 16.1. The summed E-state index contributed by atoms with van der Waals surface area (Å²) in [5, 5.41) is 9.08. The van der Waals surface area contributed by atoms with Crippen LogP contribution < -0.4 is 5.48 Å². The van der Waals surface area contributed by atoms with Crippen LogP contribution in [0.4, 0.5) is 0 Å². The van der Waals surface area contributed by atoms with Crippen molar-refractivity contribution in [2.75, 3.05) is 0 Å². The van der Waals surface area contributed by atoms with E-state index in [9.17, 15) is 9.59 Å². The lowest BCUT2D eigenvalue weighted by Gasteiger charge is -2.05. The molecule has 0 radical (unpaired) electrons. The molecule has 24 heavy (non-hydrogen) atoms. The third-order valence-corrected chi connectivity index (χ3v) is 4.11. The number of unbranched alkanes of at least 4 members (excludes halogenated alkanes) is 2. The van der Waals surface area contributed by atoms with Crippen LogP contribution in [0.5, 0.6) is 0 Å². The number of hydrogen-bond acceptors (Lipinski definition) is 3. The predicted octanol–water partition coefficient (Wildman–Crippen LogP) is 4.18. The highest BCUT2D eigenvalue weighted by Gasteiger charge is 2.11. The van der Waals surface area contributed by atoms with E-state index >= 15 is 0 Å². The maximum absolute atomic E-state index is 11.2. The normalized spacial score (nSPS) is 10.4. The SMILES string of the molecule is O=C(CCCCCc1ccc(-c2ccc(Cl)cc2)cc1)C(=O)NO. The van der Waals surface area contributed by atoms with E-state index in [1.807, 2.05) is 24.3 Å². The number of carbonyl (C=O) groups is 2. The van der Waals surface area contributed by atoms with Crippen molar-refractivity contribution >= 4 is 23.3 Å². The molecule has 0 saturated carbocycles. The Morgan fingerprint density at radius 3 is 2.04 bits per heavy atom. The Hall–Kier alpha value is -2.17. The smallest absolute Gasteiger partial charge is 0.289 e. The molecule has 0 atom stereocenters. The second-order valence-corrected chi connectivity index (χ2v) is 6.07. The van der Waals surface area contributed by atoms with E-state index in [-0.39, 0.29) is 6.42 Å². The van der Waals surface area contributed by atoms with Crippen LogP contribution in [-0.4, -0.2) is 16.9 Å². The van der Waals surface area contributed by atoms with Gasteiger partial charge >= 0.3 is 5.91 Å². The zero-order chi connectivity index (χ0) is 17.4. The van der Waals surface area contributed by atoms with Gasteiger partial charge in [-0.1, -0.05) is 54.4 Å². The number of ketones is 1. The molecule has 0 spiro atoms. The zero-order valence-electron chi connectivity index (χ0n) is 13.3. The van der Waals surface area contributed by atoms with E-state index in [0.29, 0.717) is 6.42 Å². The summed E-state index contributed by atoms with van der Waals surface area (Å²) in [5.41, 5.74) is 4.88. The lowest BCUT2D eigenvalue weighted by atomic mass is 10.0. The summed E-state index contributed by atoms with van der Waals surface area (Å²) in [6.07, 6.45) is 3.57. The molecule has 2 aromatic rings. The standard InChI is InChI=1S/C19H20ClNO3/c20-17-12-10-16(11-13-17)15-8-6-14(7-9-15)4-2-1-3-5-18(22)19(23)21-24/h6-13,24H,1-5H2,(H,21,23). The Morgan fingerprint density at radius 2 is 1.46 bits per heavy atom. The minimum absolute atomic E-state index is 0.169. The molecular formula is C19H20ClNO3. The monoisotopic (exact) mass is 345 g/mol. The van der Waals surface area contributed by atoms with Crippen LogP contribution in [0.1, 0.15) is 31.2 Å². The van der Waals surface area contributed by atoms with Gasteiger partial charge < -0.3 is 0 Å². The summed E-state index contributed by atoms with van der Waals surface area (Å²) in [4.78, 5) is 22.1. The molecule has 0 aliphatic rings. The third kappa shape index (κ3) is 5.48. The van der Waals surface area contributed by atoms with Gasteiger partial charge in [-0.05, 0) is 48.1 Å². The van der Waals surface area contributed by atoms with Crippen molar-refractivity contribution in [2.24, 2.45) is 0 Å². The first-order valence-electron chi connectivity index (χ1n) is 7.92. The van der Waals surface area contributed by atoms with Crippen LogP contribution in [-0.2, 0) is 16.0 Å². The summed E-state index contributed by atoms with van der Waals surface area (Å²) < 4.78 is 0. The third-order valence-electron chi connectivity index (χ3n) is 3.86. The van der Waals surface area contributed by atoms with Crippen LogP contribution in [0, 0.1) is 0 Å². The van der Waals surface area contributed by atoms with Gasteiger partial charge in [0.1, 0.15) is 0 Å². The fourth-order valence-electron chi connectivity index (χ4n) is 2.47. The second-order valence-electron chi connectivity index (χ2n) is 5.63. The molecule has 126 valence electrons. The predicted molar refractivity (Wildman–Crippen MR) is 94.0 cm³/mol. The van der Waals surface area contributed by atoms with E-state index in [4.69, 9.17) is 16.8 Å². The molecule has 0 aliphatic heterocycles. The number of halogens is 1. The number of hydroxylamine groups is 1. The Bertz CT molecular complexity index is 681. The van der Waals surface area contributed by atoms with Gasteiger partial charge in [-0.2, -0.15) is 0 Å². The summed E-state index contributed by atoms with van der Waals surface area (Å²) in [6.45, 7) is 0. The summed E-state index contributed by atoms with van der Waals surface area (Å²) >= 11 is 5.90. The lowest BCUT2D eigenvalue weighted by Crippen LogP contribution is -2.27. The van der Waals surface area contributed by atoms with E-state index in [0.717, 1.165) is 35.4 Å². The molecule has 0 bridgehead atoms. The fraction of sp³-hybridized carbons (Fsp3) is 0.263. The van der Waals surface area contributed by atoms with Crippen molar-refractivity contribution in [3.8, 4) is 11.1 Å². The van der Waals surface area contributed by atoms with Gasteiger partial charge in [0.05, 0.1) is 0 Å². The Labute approximate surface area is 146 Å². The molecule has 5 heteroatoms. The Balaban J connectivity index is 1.75. The van der Waals surface area contributed by atoms with Gasteiger partial charge in [0.2, 0.25) is 5.78 Å². The van der Waals surface area contributed by atoms with Crippen molar-refractivity contribution in [1.82, 2.24) is 5.48 Å². The van der Waals surface area contributed by atoms with Crippen LogP contribution in [0.25, 0.3) is 11.1 Å². The molecular weight excluding hydrogens is 326 g/mol. The molecule has 0 heterocycles. The van der Waals surface area contributed by atoms with E-state index in [2.05, 4.69) is 24.3 Å². The minimum atomic E-state index is -0.937. The number of amides is 1. The number of aryl methyl sites for hydroxylation is 1. The van der Waals surface area contributed by atoms with E-state index < -0.39 is 11.7 Å². The second kappa shape index (κ2) is 9.21. The molecule has 0 saturated heterocycles. The molecule has 0 aromatic heterocycles. The molecule has 0 fully saturated rings. The van der Waals surface area contributed by atoms with Gasteiger partial charge in [-0.25, -0.2) is 5.48 Å². The maximum Gasteiger partial charge on any atom is 0.310 e.